The van der Waals surface area contributed by atoms with Crippen molar-refractivity contribution in [2.45, 2.75) is 26.2 Å². The Bertz CT molecular complexity index is 476. The third-order valence-electron chi connectivity index (χ3n) is 4.26. The van der Waals surface area contributed by atoms with E-state index in [1.165, 1.54) is 6.07 Å². The van der Waals surface area contributed by atoms with Crippen molar-refractivity contribution in [1.82, 2.24) is 4.90 Å². The number of carbonyl (C=O) groups excluding carboxylic acids is 1. The zero-order valence-corrected chi connectivity index (χ0v) is 12.6. The van der Waals surface area contributed by atoms with E-state index in [1.807, 2.05) is 6.92 Å². The maximum Gasteiger partial charge on any atom is 0.169 e. The lowest BCUT2D eigenvalue weighted by molar-refractivity contribution is 0.0844. The molecule has 2 rings (SSSR count). The van der Waals surface area contributed by atoms with Crippen molar-refractivity contribution in [2.75, 3.05) is 26.2 Å². The average molecular weight is 293 g/mol. The molecule has 1 fully saturated rings. The number of halogens is 1. The van der Waals surface area contributed by atoms with Crippen LogP contribution in [0.25, 0.3) is 0 Å². The SMILES string of the molecule is CC(CN1CCCC(CCO)C1)C(=O)c1ccccc1F. The van der Waals surface area contributed by atoms with Gasteiger partial charge in [0, 0.05) is 25.6 Å². The Kier molecular flexibility index (Phi) is 5.88. The molecule has 1 heterocycles. The van der Waals surface area contributed by atoms with Crippen molar-refractivity contribution in [1.29, 1.82) is 0 Å². The first-order chi connectivity index (χ1) is 10.1. The van der Waals surface area contributed by atoms with Gasteiger partial charge in [0.25, 0.3) is 0 Å². The molecule has 116 valence electrons. The number of hydrogen-bond acceptors (Lipinski definition) is 3. The fourth-order valence-corrected chi connectivity index (χ4v) is 3.13. The molecule has 0 saturated carbocycles. The summed E-state index contributed by atoms with van der Waals surface area (Å²) in [5.41, 5.74) is 0.189. The first-order valence-corrected chi connectivity index (χ1v) is 7.73. The summed E-state index contributed by atoms with van der Waals surface area (Å²) < 4.78 is 13.7. The summed E-state index contributed by atoms with van der Waals surface area (Å²) in [6, 6.07) is 6.18. The van der Waals surface area contributed by atoms with E-state index in [4.69, 9.17) is 5.11 Å². The molecule has 0 bridgehead atoms. The van der Waals surface area contributed by atoms with Crippen LogP contribution >= 0.6 is 0 Å². The van der Waals surface area contributed by atoms with Crippen LogP contribution in [-0.2, 0) is 0 Å². The standard InChI is InChI=1S/C17H24FNO2/c1-13(17(21)15-6-2-3-7-16(15)18)11-19-9-4-5-14(12-19)8-10-20/h2-3,6-7,13-14,20H,4-5,8-12H2,1H3. The maximum absolute atomic E-state index is 13.7. The zero-order valence-electron chi connectivity index (χ0n) is 12.6. The number of aliphatic hydroxyl groups is 1. The smallest absolute Gasteiger partial charge is 0.169 e. The van der Waals surface area contributed by atoms with Crippen LogP contribution in [0, 0.1) is 17.7 Å². The Morgan fingerprint density at radius 1 is 1.48 bits per heavy atom. The average Bonchev–Trinajstić information content (AvgIpc) is 2.48. The van der Waals surface area contributed by atoms with E-state index in [1.54, 1.807) is 18.2 Å². The Morgan fingerprint density at radius 2 is 2.24 bits per heavy atom. The first kappa shape index (κ1) is 16.1. The normalized spacial score (nSPS) is 21.2. The highest BCUT2D eigenvalue weighted by Crippen LogP contribution is 2.21. The van der Waals surface area contributed by atoms with Gasteiger partial charge in [-0.25, -0.2) is 4.39 Å². The molecule has 1 aliphatic heterocycles. The highest BCUT2D eigenvalue weighted by Gasteiger charge is 2.24. The molecule has 1 aliphatic rings. The number of aliphatic hydroxyl groups excluding tert-OH is 1. The number of Topliss-reactive ketones (excluding diaryl/α,β-unsaturated/α-hetero) is 1. The van der Waals surface area contributed by atoms with E-state index in [9.17, 15) is 9.18 Å². The second-order valence-electron chi connectivity index (χ2n) is 6.03. The van der Waals surface area contributed by atoms with Gasteiger partial charge in [0.1, 0.15) is 5.82 Å². The van der Waals surface area contributed by atoms with E-state index in [0.717, 1.165) is 32.4 Å². The maximum atomic E-state index is 13.7. The van der Waals surface area contributed by atoms with Gasteiger partial charge in [0.2, 0.25) is 0 Å². The van der Waals surface area contributed by atoms with Crippen molar-refractivity contribution in [2.24, 2.45) is 11.8 Å². The van der Waals surface area contributed by atoms with Crippen LogP contribution in [0.15, 0.2) is 24.3 Å². The molecule has 1 aromatic rings. The third-order valence-corrected chi connectivity index (χ3v) is 4.26. The number of rotatable bonds is 6. The lowest BCUT2D eigenvalue weighted by Crippen LogP contribution is -2.40. The summed E-state index contributed by atoms with van der Waals surface area (Å²) in [7, 11) is 0. The van der Waals surface area contributed by atoms with E-state index in [0.29, 0.717) is 12.5 Å². The minimum atomic E-state index is -0.439. The molecule has 0 aromatic heterocycles. The minimum absolute atomic E-state index is 0.127. The molecular formula is C17H24FNO2. The van der Waals surface area contributed by atoms with Gasteiger partial charge in [-0.1, -0.05) is 19.1 Å². The lowest BCUT2D eigenvalue weighted by atomic mass is 9.93. The molecule has 21 heavy (non-hydrogen) atoms. The van der Waals surface area contributed by atoms with Gasteiger partial charge in [-0.2, -0.15) is 0 Å². The van der Waals surface area contributed by atoms with E-state index >= 15 is 0 Å². The van der Waals surface area contributed by atoms with Crippen LogP contribution in [0.1, 0.15) is 36.5 Å². The quantitative estimate of drug-likeness (QED) is 0.820. The van der Waals surface area contributed by atoms with Gasteiger partial charge in [0.05, 0.1) is 5.56 Å². The van der Waals surface area contributed by atoms with Crippen molar-refractivity contribution in [3.8, 4) is 0 Å². The molecular weight excluding hydrogens is 269 g/mol. The summed E-state index contributed by atoms with van der Waals surface area (Å²) in [4.78, 5) is 14.6. The van der Waals surface area contributed by atoms with E-state index in [-0.39, 0.29) is 23.9 Å². The fourth-order valence-electron chi connectivity index (χ4n) is 3.13. The largest absolute Gasteiger partial charge is 0.396 e. The molecule has 0 aliphatic carbocycles. The highest BCUT2D eigenvalue weighted by molar-refractivity contribution is 5.98. The number of piperidine rings is 1. The molecule has 3 nitrogen and oxygen atoms in total. The number of ketones is 1. The summed E-state index contributed by atoms with van der Waals surface area (Å²) in [5, 5.41) is 9.04. The van der Waals surface area contributed by atoms with Gasteiger partial charge in [-0.3, -0.25) is 4.79 Å². The number of benzene rings is 1. The summed E-state index contributed by atoms with van der Waals surface area (Å²) >= 11 is 0. The van der Waals surface area contributed by atoms with Crippen LogP contribution in [0.2, 0.25) is 0 Å². The van der Waals surface area contributed by atoms with Crippen LogP contribution in [-0.4, -0.2) is 42.0 Å². The molecule has 0 spiro atoms. The molecule has 1 aromatic carbocycles. The van der Waals surface area contributed by atoms with Crippen molar-refractivity contribution in [3.05, 3.63) is 35.6 Å². The van der Waals surface area contributed by atoms with E-state index in [2.05, 4.69) is 4.90 Å². The predicted octanol–water partition coefficient (Wildman–Crippen LogP) is 2.74. The van der Waals surface area contributed by atoms with Crippen molar-refractivity contribution >= 4 is 5.78 Å². The molecule has 0 radical (unpaired) electrons. The zero-order chi connectivity index (χ0) is 15.2. The number of carbonyl (C=O) groups is 1. The van der Waals surface area contributed by atoms with Gasteiger partial charge < -0.3 is 10.0 Å². The molecule has 4 heteroatoms. The minimum Gasteiger partial charge on any atom is -0.396 e. The van der Waals surface area contributed by atoms with Gasteiger partial charge in [-0.05, 0) is 43.9 Å². The second kappa shape index (κ2) is 7.66. The number of nitrogens with zero attached hydrogens (tertiary/aromatic N) is 1. The van der Waals surface area contributed by atoms with Crippen molar-refractivity contribution in [3.63, 3.8) is 0 Å². The third kappa shape index (κ3) is 4.35. The fraction of sp³-hybridized carbons (Fsp3) is 0.588. The monoisotopic (exact) mass is 293 g/mol. The molecule has 1 saturated heterocycles. The second-order valence-corrected chi connectivity index (χ2v) is 6.03. The van der Waals surface area contributed by atoms with Crippen LogP contribution in [0.3, 0.4) is 0 Å². The lowest BCUT2D eigenvalue weighted by Gasteiger charge is -2.33. The van der Waals surface area contributed by atoms with Gasteiger partial charge >= 0.3 is 0 Å². The topological polar surface area (TPSA) is 40.5 Å². The van der Waals surface area contributed by atoms with Gasteiger partial charge in [0.15, 0.2) is 5.78 Å². The molecule has 2 unspecified atom stereocenters. The van der Waals surface area contributed by atoms with E-state index < -0.39 is 5.82 Å². The Hall–Kier alpha value is -1.26. The molecule has 2 atom stereocenters. The van der Waals surface area contributed by atoms with Crippen LogP contribution in [0.5, 0.6) is 0 Å². The van der Waals surface area contributed by atoms with Crippen molar-refractivity contribution < 1.29 is 14.3 Å². The van der Waals surface area contributed by atoms with Gasteiger partial charge in [-0.15, -0.1) is 0 Å². The summed E-state index contributed by atoms with van der Waals surface area (Å²) in [5.74, 6) is -0.266. The number of likely N-dealkylation sites (tertiary alicyclic amines) is 1. The number of hydrogen-bond donors (Lipinski definition) is 1. The molecule has 0 amide bonds. The highest BCUT2D eigenvalue weighted by atomic mass is 19.1. The van der Waals surface area contributed by atoms with Crippen LogP contribution < -0.4 is 0 Å². The summed E-state index contributed by atoms with van der Waals surface area (Å²) in [6.45, 7) is 4.66. The Balaban J connectivity index is 1.93. The summed E-state index contributed by atoms with van der Waals surface area (Å²) in [6.07, 6.45) is 3.07. The Labute approximate surface area is 125 Å². The Morgan fingerprint density at radius 3 is 2.95 bits per heavy atom. The predicted molar refractivity (Wildman–Crippen MR) is 80.8 cm³/mol. The van der Waals surface area contributed by atoms with Crippen LogP contribution in [0.4, 0.5) is 4.39 Å². The first-order valence-electron chi connectivity index (χ1n) is 7.73. The molecule has 1 N–H and O–H groups in total.